The Kier molecular flexibility index (Phi) is 6.60. The largest absolute Gasteiger partial charge is 0.468 e. The van der Waals surface area contributed by atoms with Gasteiger partial charge in [0.1, 0.15) is 5.54 Å². The van der Waals surface area contributed by atoms with Crippen molar-refractivity contribution < 1.29 is 19.0 Å². The smallest absolute Gasteiger partial charge is 0.328 e. The molecule has 1 N–H and O–H groups in total. The Bertz CT molecular complexity index is 253. The summed E-state index contributed by atoms with van der Waals surface area (Å²) in [4.78, 5) is 11.7. The number of rotatable bonds is 7. The number of ether oxygens (including phenoxy) is 3. The Labute approximate surface area is 109 Å². The molecule has 2 unspecified atom stereocenters. The maximum Gasteiger partial charge on any atom is 0.328 e. The Morgan fingerprint density at radius 1 is 1.50 bits per heavy atom. The SMILES string of the molecule is CCNC(C)(COCC1CCCCO1)C(=O)OC. The molecule has 0 amide bonds. The van der Waals surface area contributed by atoms with Gasteiger partial charge in [-0.05, 0) is 32.7 Å². The maximum atomic E-state index is 11.7. The van der Waals surface area contributed by atoms with Crippen LogP contribution >= 0.6 is 0 Å². The number of nitrogens with one attached hydrogen (secondary N) is 1. The fraction of sp³-hybridized carbons (Fsp3) is 0.923. The second-order valence-electron chi connectivity index (χ2n) is 4.86. The van der Waals surface area contributed by atoms with E-state index in [1.807, 2.05) is 6.92 Å². The minimum Gasteiger partial charge on any atom is -0.468 e. The zero-order chi connectivity index (χ0) is 13.4. The molecule has 0 aliphatic carbocycles. The van der Waals surface area contributed by atoms with Gasteiger partial charge in [-0.25, -0.2) is 4.79 Å². The lowest BCUT2D eigenvalue weighted by Gasteiger charge is -2.29. The van der Waals surface area contributed by atoms with Gasteiger partial charge in [-0.2, -0.15) is 0 Å². The molecule has 106 valence electrons. The van der Waals surface area contributed by atoms with E-state index in [1.165, 1.54) is 13.5 Å². The van der Waals surface area contributed by atoms with Gasteiger partial charge >= 0.3 is 5.97 Å². The lowest BCUT2D eigenvalue weighted by atomic mass is 10.0. The Hall–Kier alpha value is -0.650. The van der Waals surface area contributed by atoms with Crippen molar-refractivity contribution in [1.29, 1.82) is 0 Å². The lowest BCUT2D eigenvalue weighted by molar-refractivity contribution is -0.151. The number of carbonyl (C=O) groups is 1. The highest BCUT2D eigenvalue weighted by Gasteiger charge is 2.34. The molecule has 0 saturated carbocycles. The number of hydrogen-bond acceptors (Lipinski definition) is 5. The standard InChI is InChI=1S/C13H25NO4/c1-4-14-13(2,12(15)16-3)10-17-9-11-7-5-6-8-18-11/h11,14H,4-10H2,1-3H3. The molecular formula is C13H25NO4. The van der Waals surface area contributed by atoms with Gasteiger partial charge < -0.3 is 19.5 Å². The minimum absolute atomic E-state index is 0.169. The van der Waals surface area contributed by atoms with Crippen LogP contribution in [-0.4, -0.2) is 51.1 Å². The first-order valence-corrected chi connectivity index (χ1v) is 6.65. The van der Waals surface area contributed by atoms with Crippen LogP contribution in [0.1, 0.15) is 33.1 Å². The summed E-state index contributed by atoms with van der Waals surface area (Å²) >= 11 is 0. The monoisotopic (exact) mass is 259 g/mol. The molecular weight excluding hydrogens is 234 g/mol. The molecule has 0 aromatic rings. The van der Waals surface area contributed by atoms with Crippen molar-refractivity contribution >= 4 is 5.97 Å². The highest BCUT2D eigenvalue weighted by Crippen LogP contribution is 2.14. The van der Waals surface area contributed by atoms with Gasteiger partial charge in [-0.1, -0.05) is 6.92 Å². The van der Waals surface area contributed by atoms with Crippen LogP contribution in [0.15, 0.2) is 0 Å². The average molecular weight is 259 g/mol. The zero-order valence-electron chi connectivity index (χ0n) is 11.7. The van der Waals surface area contributed by atoms with E-state index in [-0.39, 0.29) is 12.1 Å². The Balaban J connectivity index is 2.34. The van der Waals surface area contributed by atoms with Crippen LogP contribution in [-0.2, 0) is 19.0 Å². The van der Waals surface area contributed by atoms with Crippen molar-refractivity contribution in [1.82, 2.24) is 5.32 Å². The molecule has 2 atom stereocenters. The molecule has 1 aliphatic heterocycles. The number of carbonyl (C=O) groups excluding carboxylic acids is 1. The predicted octanol–water partition coefficient (Wildman–Crippen LogP) is 1.11. The lowest BCUT2D eigenvalue weighted by Crippen LogP contribution is -2.54. The summed E-state index contributed by atoms with van der Waals surface area (Å²) < 4.78 is 16.0. The number of hydrogen-bond donors (Lipinski definition) is 1. The van der Waals surface area contributed by atoms with Crippen molar-refractivity contribution in [2.45, 2.75) is 44.8 Å². The molecule has 5 heteroatoms. The summed E-state index contributed by atoms with van der Waals surface area (Å²) in [5.41, 5.74) is -0.780. The van der Waals surface area contributed by atoms with Crippen molar-refractivity contribution in [3.63, 3.8) is 0 Å². The van der Waals surface area contributed by atoms with E-state index in [9.17, 15) is 4.79 Å². The fourth-order valence-corrected chi connectivity index (χ4v) is 2.13. The zero-order valence-corrected chi connectivity index (χ0v) is 11.7. The third kappa shape index (κ3) is 4.55. The molecule has 0 spiro atoms. The van der Waals surface area contributed by atoms with Gasteiger partial charge in [0, 0.05) is 6.61 Å². The highest BCUT2D eigenvalue weighted by atomic mass is 16.5. The molecule has 18 heavy (non-hydrogen) atoms. The Morgan fingerprint density at radius 3 is 2.83 bits per heavy atom. The van der Waals surface area contributed by atoms with E-state index in [1.54, 1.807) is 6.92 Å². The topological polar surface area (TPSA) is 56.8 Å². The van der Waals surface area contributed by atoms with Gasteiger partial charge in [0.25, 0.3) is 0 Å². The molecule has 1 rings (SSSR count). The van der Waals surface area contributed by atoms with Gasteiger partial charge in [-0.15, -0.1) is 0 Å². The van der Waals surface area contributed by atoms with E-state index in [4.69, 9.17) is 14.2 Å². The van der Waals surface area contributed by atoms with Crippen LogP contribution in [0.4, 0.5) is 0 Å². The summed E-state index contributed by atoms with van der Waals surface area (Å²) in [5, 5.41) is 3.11. The molecule has 5 nitrogen and oxygen atoms in total. The third-order valence-electron chi connectivity index (χ3n) is 3.17. The third-order valence-corrected chi connectivity index (χ3v) is 3.17. The summed E-state index contributed by atoms with van der Waals surface area (Å²) in [7, 11) is 1.39. The molecule has 0 aromatic carbocycles. The summed E-state index contributed by atoms with van der Waals surface area (Å²) in [6, 6.07) is 0. The maximum absolute atomic E-state index is 11.7. The van der Waals surface area contributed by atoms with Crippen LogP contribution in [0.2, 0.25) is 0 Å². The summed E-state index contributed by atoms with van der Waals surface area (Å²) in [5.74, 6) is -0.297. The van der Waals surface area contributed by atoms with Gasteiger partial charge in [-0.3, -0.25) is 0 Å². The first-order valence-electron chi connectivity index (χ1n) is 6.65. The second-order valence-corrected chi connectivity index (χ2v) is 4.86. The van der Waals surface area contributed by atoms with Crippen LogP contribution in [0.3, 0.4) is 0 Å². The predicted molar refractivity (Wildman–Crippen MR) is 68.5 cm³/mol. The molecule has 0 aromatic heterocycles. The quantitative estimate of drug-likeness (QED) is 0.694. The number of likely N-dealkylation sites (N-methyl/N-ethyl adjacent to an activating group) is 1. The van der Waals surface area contributed by atoms with E-state index < -0.39 is 5.54 Å². The van der Waals surface area contributed by atoms with E-state index in [2.05, 4.69) is 5.32 Å². The van der Waals surface area contributed by atoms with Crippen molar-refractivity contribution in [2.75, 3.05) is 33.5 Å². The normalized spacial score (nSPS) is 23.4. The van der Waals surface area contributed by atoms with Crippen LogP contribution in [0, 0.1) is 0 Å². The highest BCUT2D eigenvalue weighted by molar-refractivity contribution is 5.80. The molecule has 1 aliphatic rings. The first kappa shape index (κ1) is 15.4. The molecule has 1 saturated heterocycles. The van der Waals surface area contributed by atoms with Crippen LogP contribution in [0.5, 0.6) is 0 Å². The van der Waals surface area contributed by atoms with E-state index in [0.717, 1.165) is 19.4 Å². The molecule has 0 radical (unpaired) electrons. The summed E-state index contributed by atoms with van der Waals surface area (Å²) in [6.45, 7) is 6.09. The first-order chi connectivity index (χ1) is 8.62. The van der Waals surface area contributed by atoms with E-state index in [0.29, 0.717) is 19.8 Å². The van der Waals surface area contributed by atoms with Crippen molar-refractivity contribution in [3.05, 3.63) is 0 Å². The van der Waals surface area contributed by atoms with Crippen molar-refractivity contribution in [3.8, 4) is 0 Å². The number of esters is 1. The Morgan fingerprint density at radius 2 is 2.28 bits per heavy atom. The minimum atomic E-state index is -0.780. The van der Waals surface area contributed by atoms with E-state index >= 15 is 0 Å². The molecule has 1 heterocycles. The van der Waals surface area contributed by atoms with Gasteiger partial charge in [0.05, 0.1) is 26.4 Å². The van der Waals surface area contributed by atoms with Crippen LogP contribution < -0.4 is 5.32 Å². The van der Waals surface area contributed by atoms with Gasteiger partial charge in [0.15, 0.2) is 0 Å². The fourth-order valence-electron chi connectivity index (χ4n) is 2.13. The molecule has 0 bridgehead atoms. The second kappa shape index (κ2) is 7.71. The average Bonchev–Trinajstić information content (AvgIpc) is 2.39. The number of methoxy groups -OCH3 is 1. The summed E-state index contributed by atoms with van der Waals surface area (Å²) in [6.07, 6.45) is 3.53. The van der Waals surface area contributed by atoms with Gasteiger partial charge in [0.2, 0.25) is 0 Å². The van der Waals surface area contributed by atoms with Crippen molar-refractivity contribution in [2.24, 2.45) is 0 Å². The van der Waals surface area contributed by atoms with Crippen LogP contribution in [0.25, 0.3) is 0 Å². The molecule has 1 fully saturated rings.